The first-order chi connectivity index (χ1) is 16.2. The number of fused-ring (bicyclic) bond motifs is 1. The van der Waals surface area contributed by atoms with Crippen LogP contribution < -0.4 is 5.32 Å². The Morgan fingerprint density at radius 3 is 2.88 bits per heavy atom. The van der Waals surface area contributed by atoms with E-state index in [1.54, 1.807) is 30.6 Å². The van der Waals surface area contributed by atoms with E-state index in [0.29, 0.717) is 35.4 Å². The Hall–Kier alpha value is -3.19. The van der Waals surface area contributed by atoms with E-state index in [-0.39, 0.29) is 5.91 Å². The third-order valence-electron chi connectivity index (χ3n) is 6.35. The average molecular weight is 464 g/mol. The van der Waals surface area contributed by atoms with Crippen LogP contribution in [0.3, 0.4) is 0 Å². The van der Waals surface area contributed by atoms with Crippen LogP contribution in [0.4, 0.5) is 0 Å². The highest BCUT2D eigenvalue weighted by atomic mass is 35.5. The zero-order valence-electron chi connectivity index (χ0n) is 18.3. The Morgan fingerprint density at radius 1 is 1.18 bits per heavy atom. The Balaban J connectivity index is 1.21. The first kappa shape index (κ1) is 21.6. The SMILES string of the molecule is O=C(NCCn1cnc2cc(-c3noc(CCC4CCCC4)n3)ccc21)c1ccccc1Cl. The number of hydrogen-bond acceptors (Lipinski definition) is 5. The van der Waals surface area contributed by atoms with E-state index >= 15 is 0 Å². The smallest absolute Gasteiger partial charge is 0.252 e. The number of benzene rings is 2. The molecule has 2 aromatic carbocycles. The average Bonchev–Trinajstić information content (AvgIpc) is 3.59. The summed E-state index contributed by atoms with van der Waals surface area (Å²) in [5.74, 6) is 1.92. The number of aryl methyl sites for hydroxylation is 1. The molecular formula is C25H26ClN5O2. The molecular weight excluding hydrogens is 438 g/mol. The third kappa shape index (κ3) is 4.93. The molecule has 2 aromatic heterocycles. The molecule has 5 rings (SSSR count). The molecule has 170 valence electrons. The fraction of sp³-hybridized carbons (Fsp3) is 0.360. The van der Waals surface area contributed by atoms with Crippen LogP contribution in [0.2, 0.25) is 5.02 Å². The summed E-state index contributed by atoms with van der Waals surface area (Å²) in [7, 11) is 0. The van der Waals surface area contributed by atoms with Gasteiger partial charge in [0.15, 0.2) is 0 Å². The number of carbonyl (C=O) groups is 1. The largest absolute Gasteiger partial charge is 0.350 e. The molecule has 1 aliphatic carbocycles. The summed E-state index contributed by atoms with van der Waals surface area (Å²) in [5, 5.41) is 7.52. The molecule has 2 heterocycles. The van der Waals surface area contributed by atoms with Crippen molar-refractivity contribution in [3.63, 3.8) is 0 Å². The van der Waals surface area contributed by atoms with Crippen LogP contribution in [0.25, 0.3) is 22.4 Å². The van der Waals surface area contributed by atoms with E-state index in [0.717, 1.165) is 35.4 Å². The molecule has 0 atom stereocenters. The predicted molar refractivity (Wildman–Crippen MR) is 127 cm³/mol. The van der Waals surface area contributed by atoms with Crippen molar-refractivity contribution in [2.24, 2.45) is 5.92 Å². The lowest BCUT2D eigenvalue weighted by Gasteiger charge is -2.08. The van der Waals surface area contributed by atoms with Gasteiger partial charge in [-0.3, -0.25) is 4.79 Å². The Bertz CT molecular complexity index is 1260. The summed E-state index contributed by atoms with van der Waals surface area (Å²) in [6, 6.07) is 13.0. The molecule has 0 aliphatic heterocycles. The van der Waals surface area contributed by atoms with Crippen molar-refractivity contribution in [1.29, 1.82) is 0 Å². The minimum Gasteiger partial charge on any atom is -0.350 e. The molecule has 0 bridgehead atoms. The molecule has 1 saturated carbocycles. The van der Waals surface area contributed by atoms with Crippen molar-refractivity contribution in [3.8, 4) is 11.4 Å². The van der Waals surface area contributed by atoms with E-state index in [1.807, 2.05) is 22.8 Å². The van der Waals surface area contributed by atoms with Gasteiger partial charge in [0.05, 0.1) is 27.9 Å². The molecule has 7 nitrogen and oxygen atoms in total. The zero-order chi connectivity index (χ0) is 22.6. The van der Waals surface area contributed by atoms with Gasteiger partial charge in [-0.05, 0) is 42.7 Å². The lowest BCUT2D eigenvalue weighted by atomic mass is 10.0. The molecule has 1 aliphatic rings. The van der Waals surface area contributed by atoms with Crippen molar-refractivity contribution in [3.05, 3.63) is 65.3 Å². The molecule has 0 unspecified atom stereocenters. The topological polar surface area (TPSA) is 85.8 Å². The maximum Gasteiger partial charge on any atom is 0.252 e. The highest BCUT2D eigenvalue weighted by molar-refractivity contribution is 6.33. The van der Waals surface area contributed by atoms with E-state index in [2.05, 4.69) is 20.4 Å². The Morgan fingerprint density at radius 2 is 2.03 bits per heavy atom. The van der Waals surface area contributed by atoms with Gasteiger partial charge in [0.25, 0.3) is 5.91 Å². The zero-order valence-corrected chi connectivity index (χ0v) is 19.1. The van der Waals surface area contributed by atoms with Gasteiger partial charge in [0.1, 0.15) is 0 Å². The summed E-state index contributed by atoms with van der Waals surface area (Å²) < 4.78 is 7.49. The number of carbonyl (C=O) groups excluding carboxylic acids is 1. The van der Waals surface area contributed by atoms with Crippen molar-refractivity contribution in [1.82, 2.24) is 25.0 Å². The summed E-state index contributed by atoms with van der Waals surface area (Å²) in [5.41, 5.74) is 3.19. The second-order valence-corrected chi connectivity index (χ2v) is 8.99. The lowest BCUT2D eigenvalue weighted by molar-refractivity contribution is 0.0952. The second-order valence-electron chi connectivity index (χ2n) is 8.58. The highest BCUT2D eigenvalue weighted by Crippen LogP contribution is 2.29. The van der Waals surface area contributed by atoms with Crippen LogP contribution >= 0.6 is 11.6 Å². The first-order valence-electron chi connectivity index (χ1n) is 11.5. The molecule has 0 radical (unpaired) electrons. The minimum atomic E-state index is -0.187. The van der Waals surface area contributed by atoms with Crippen molar-refractivity contribution >= 4 is 28.5 Å². The standard InChI is InChI=1S/C25H26ClN5O2/c26-20-8-4-3-7-19(20)25(32)27-13-14-31-16-28-21-15-18(10-11-22(21)31)24-29-23(33-30-24)12-9-17-5-1-2-6-17/h3-4,7-8,10-11,15-17H,1-2,5-6,9,12-14H2,(H,27,32). The molecule has 4 aromatic rings. The maximum atomic E-state index is 12.3. The number of nitrogens with zero attached hydrogens (tertiary/aromatic N) is 4. The molecule has 1 N–H and O–H groups in total. The van der Waals surface area contributed by atoms with Crippen molar-refractivity contribution in [2.45, 2.75) is 45.1 Å². The molecule has 0 saturated heterocycles. The summed E-state index contributed by atoms with van der Waals surface area (Å²) in [4.78, 5) is 21.4. The van der Waals surface area contributed by atoms with E-state index in [9.17, 15) is 4.79 Å². The molecule has 0 spiro atoms. The minimum absolute atomic E-state index is 0.187. The quantitative estimate of drug-likeness (QED) is 0.383. The third-order valence-corrected chi connectivity index (χ3v) is 6.67. The normalized spacial score (nSPS) is 14.2. The van der Waals surface area contributed by atoms with E-state index in [4.69, 9.17) is 16.1 Å². The first-order valence-corrected chi connectivity index (χ1v) is 11.9. The van der Waals surface area contributed by atoms with Crippen LogP contribution in [-0.2, 0) is 13.0 Å². The van der Waals surface area contributed by atoms with Crippen LogP contribution in [0.15, 0.2) is 53.3 Å². The fourth-order valence-electron chi connectivity index (χ4n) is 4.51. The van der Waals surface area contributed by atoms with Crippen LogP contribution in [0.1, 0.15) is 48.4 Å². The van der Waals surface area contributed by atoms with Gasteiger partial charge in [0.2, 0.25) is 11.7 Å². The number of nitrogens with one attached hydrogen (secondary N) is 1. The summed E-state index contributed by atoms with van der Waals surface area (Å²) >= 11 is 6.10. The number of amides is 1. The fourth-order valence-corrected chi connectivity index (χ4v) is 4.73. The van der Waals surface area contributed by atoms with Gasteiger partial charge in [-0.15, -0.1) is 0 Å². The lowest BCUT2D eigenvalue weighted by Crippen LogP contribution is -2.27. The molecule has 8 heteroatoms. The number of hydrogen-bond donors (Lipinski definition) is 1. The highest BCUT2D eigenvalue weighted by Gasteiger charge is 2.17. The van der Waals surface area contributed by atoms with Gasteiger partial charge >= 0.3 is 0 Å². The van der Waals surface area contributed by atoms with Gasteiger partial charge in [-0.1, -0.05) is 54.6 Å². The van der Waals surface area contributed by atoms with Crippen LogP contribution in [0, 0.1) is 5.92 Å². The van der Waals surface area contributed by atoms with Gasteiger partial charge in [0, 0.05) is 25.1 Å². The van der Waals surface area contributed by atoms with Crippen molar-refractivity contribution in [2.75, 3.05) is 6.54 Å². The van der Waals surface area contributed by atoms with Gasteiger partial charge in [-0.25, -0.2) is 4.98 Å². The molecule has 1 amide bonds. The van der Waals surface area contributed by atoms with Crippen molar-refractivity contribution < 1.29 is 9.32 Å². The van der Waals surface area contributed by atoms with Gasteiger partial charge < -0.3 is 14.4 Å². The summed E-state index contributed by atoms with van der Waals surface area (Å²) in [6.45, 7) is 1.06. The Kier molecular flexibility index (Phi) is 6.39. The maximum absolute atomic E-state index is 12.3. The monoisotopic (exact) mass is 463 g/mol. The molecule has 33 heavy (non-hydrogen) atoms. The van der Waals surface area contributed by atoms with E-state index in [1.165, 1.54) is 25.7 Å². The van der Waals surface area contributed by atoms with Crippen LogP contribution in [0.5, 0.6) is 0 Å². The number of halogens is 1. The molecule has 1 fully saturated rings. The predicted octanol–water partition coefficient (Wildman–Crippen LogP) is 5.29. The Labute approximate surface area is 197 Å². The number of aromatic nitrogens is 4. The summed E-state index contributed by atoms with van der Waals surface area (Å²) in [6.07, 6.45) is 9.08. The number of rotatable bonds is 8. The van der Waals surface area contributed by atoms with Crippen LogP contribution in [-0.4, -0.2) is 32.1 Å². The van der Waals surface area contributed by atoms with Gasteiger partial charge in [-0.2, -0.15) is 4.98 Å². The van der Waals surface area contributed by atoms with E-state index < -0.39 is 0 Å². The second kappa shape index (κ2) is 9.75. The number of imidazole rings is 1.